The molecule has 2 heterocycles. The molecule has 0 aliphatic heterocycles. The predicted molar refractivity (Wildman–Crippen MR) is 62.8 cm³/mol. The van der Waals surface area contributed by atoms with Crippen LogP contribution in [0, 0.1) is 0 Å². The molecule has 0 saturated heterocycles. The summed E-state index contributed by atoms with van der Waals surface area (Å²) in [5.74, 6) is 0. The number of hydrogen-bond acceptors (Lipinski definition) is 2. The van der Waals surface area contributed by atoms with E-state index in [0.717, 1.165) is 15.8 Å². The number of alkyl halides is 1. The Hall–Kier alpha value is -0.940. The second-order valence-electron chi connectivity index (χ2n) is 4.21. The molecular formula is C11H11BrFN3. The van der Waals surface area contributed by atoms with Crippen LogP contribution in [-0.4, -0.2) is 9.38 Å². The fourth-order valence-corrected chi connectivity index (χ4v) is 2.39. The molecule has 3 nitrogen and oxygen atoms in total. The molecule has 2 aromatic heterocycles. The Morgan fingerprint density at radius 2 is 2.25 bits per heavy atom. The molecule has 1 aliphatic rings. The number of fused-ring (bicyclic) bond motifs is 1. The lowest BCUT2D eigenvalue weighted by Gasteiger charge is -2.07. The van der Waals surface area contributed by atoms with Gasteiger partial charge in [-0.05, 0) is 34.8 Å². The molecule has 1 saturated carbocycles. The Balaban J connectivity index is 2.20. The van der Waals surface area contributed by atoms with Crippen LogP contribution >= 0.6 is 15.9 Å². The number of halogens is 2. The molecule has 3 rings (SSSR count). The van der Waals surface area contributed by atoms with Crippen LogP contribution in [-0.2, 0) is 12.2 Å². The summed E-state index contributed by atoms with van der Waals surface area (Å²) in [5.41, 5.74) is 6.72. The largest absolute Gasteiger partial charge is 0.325 e. The minimum absolute atomic E-state index is 0.393. The van der Waals surface area contributed by atoms with E-state index in [-0.39, 0.29) is 0 Å². The summed E-state index contributed by atoms with van der Waals surface area (Å²) in [6.45, 7) is 0.393. The van der Waals surface area contributed by atoms with Crippen molar-refractivity contribution in [2.75, 3.05) is 0 Å². The summed E-state index contributed by atoms with van der Waals surface area (Å²) in [6, 6.07) is 1.82. The maximum absolute atomic E-state index is 13.9. The Morgan fingerprint density at radius 1 is 1.50 bits per heavy atom. The van der Waals surface area contributed by atoms with Gasteiger partial charge in [0.2, 0.25) is 0 Å². The molecular weight excluding hydrogens is 273 g/mol. The summed E-state index contributed by atoms with van der Waals surface area (Å²) in [6.07, 6.45) is 4.88. The van der Waals surface area contributed by atoms with Crippen LogP contribution in [0.3, 0.4) is 0 Å². The van der Waals surface area contributed by atoms with Gasteiger partial charge in [0.25, 0.3) is 0 Å². The SMILES string of the molecule is NCc1cn2cc(C3(F)CC3)cc(Br)c2n1. The van der Waals surface area contributed by atoms with E-state index in [1.54, 1.807) is 6.20 Å². The molecule has 1 aliphatic carbocycles. The Bertz CT molecular complexity index is 560. The van der Waals surface area contributed by atoms with Gasteiger partial charge in [0.05, 0.1) is 10.2 Å². The topological polar surface area (TPSA) is 43.3 Å². The highest BCUT2D eigenvalue weighted by atomic mass is 79.9. The van der Waals surface area contributed by atoms with Gasteiger partial charge in [-0.3, -0.25) is 0 Å². The molecule has 84 valence electrons. The van der Waals surface area contributed by atoms with Crippen molar-refractivity contribution in [3.63, 3.8) is 0 Å². The summed E-state index contributed by atoms with van der Waals surface area (Å²) in [4.78, 5) is 4.34. The van der Waals surface area contributed by atoms with Crippen molar-refractivity contribution in [3.05, 3.63) is 34.2 Å². The van der Waals surface area contributed by atoms with Crippen molar-refractivity contribution in [2.45, 2.75) is 25.1 Å². The van der Waals surface area contributed by atoms with Crippen molar-refractivity contribution >= 4 is 21.6 Å². The maximum atomic E-state index is 13.9. The lowest BCUT2D eigenvalue weighted by atomic mass is 10.1. The third-order valence-corrected chi connectivity index (χ3v) is 3.56. The highest BCUT2D eigenvalue weighted by molar-refractivity contribution is 9.10. The van der Waals surface area contributed by atoms with E-state index < -0.39 is 5.67 Å². The van der Waals surface area contributed by atoms with Gasteiger partial charge in [0.1, 0.15) is 5.67 Å². The molecule has 0 radical (unpaired) electrons. The van der Waals surface area contributed by atoms with Crippen molar-refractivity contribution in [3.8, 4) is 0 Å². The van der Waals surface area contributed by atoms with Gasteiger partial charge in [-0.15, -0.1) is 0 Å². The predicted octanol–water partition coefficient (Wildman–Crippen LogP) is 2.51. The molecule has 16 heavy (non-hydrogen) atoms. The first kappa shape index (κ1) is 10.2. The first-order valence-corrected chi connectivity index (χ1v) is 5.98. The molecule has 0 bridgehead atoms. The Kier molecular flexibility index (Phi) is 2.09. The molecule has 1 fully saturated rings. The van der Waals surface area contributed by atoms with Crippen molar-refractivity contribution in [1.29, 1.82) is 0 Å². The highest BCUT2D eigenvalue weighted by Gasteiger charge is 2.45. The molecule has 2 N–H and O–H groups in total. The zero-order valence-electron chi connectivity index (χ0n) is 8.58. The average Bonchev–Trinajstić information content (AvgIpc) is 2.87. The van der Waals surface area contributed by atoms with Crippen LogP contribution in [0.4, 0.5) is 4.39 Å². The standard InChI is InChI=1S/C11H11BrFN3/c12-9-3-7(11(13)1-2-11)5-16-6-8(4-14)15-10(9)16/h3,5-6H,1-2,4,14H2. The molecule has 0 unspecified atom stereocenters. The normalized spacial score (nSPS) is 17.9. The third-order valence-electron chi connectivity index (χ3n) is 2.97. The zero-order valence-corrected chi connectivity index (χ0v) is 10.2. The van der Waals surface area contributed by atoms with E-state index in [1.807, 2.05) is 16.7 Å². The summed E-state index contributed by atoms with van der Waals surface area (Å²) >= 11 is 3.42. The number of imidazole rings is 1. The minimum atomic E-state index is -1.12. The van der Waals surface area contributed by atoms with Crippen molar-refractivity contribution < 1.29 is 4.39 Å². The highest BCUT2D eigenvalue weighted by Crippen LogP contribution is 2.50. The lowest BCUT2D eigenvalue weighted by molar-refractivity contribution is 0.316. The van der Waals surface area contributed by atoms with Crippen molar-refractivity contribution in [1.82, 2.24) is 9.38 Å². The molecule has 0 aromatic carbocycles. The second-order valence-corrected chi connectivity index (χ2v) is 5.06. The number of hydrogen-bond donors (Lipinski definition) is 1. The third kappa shape index (κ3) is 1.46. The van der Waals surface area contributed by atoms with E-state index in [4.69, 9.17) is 5.73 Å². The van der Waals surface area contributed by atoms with Crippen LogP contribution in [0.15, 0.2) is 22.9 Å². The fourth-order valence-electron chi connectivity index (χ4n) is 1.85. The van der Waals surface area contributed by atoms with E-state index in [1.165, 1.54) is 0 Å². The zero-order chi connectivity index (χ0) is 11.3. The van der Waals surface area contributed by atoms with Crippen LogP contribution in [0.25, 0.3) is 5.65 Å². The summed E-state index contributed by atoms with van der Waals surface area (Å²) in [5, 5.41) is 0. The molecule has 0 spiro atoms. The number of aromatic nitrogens is 2. The Morgan fingerprint density at radius 3 is 2.88 bits per heavy atom. The van der Waals surface area contributed by atoms with Gasteiger partial charge in [0.15, 0.2) is 5.65 Å². The van der Waals surface area contributed by atoms with Crippen LogP contribution < -0.4 is 5.73 Å². The first-order chi connectivity index (χ1) is 7.62. The van der Waals surface area contributed by atoms with Gasteiger partial charge < -0.3 is 10.1 Å². The monoisotopic (exact) mass is 283 g/mol. The second kappa shape index (κ2) is 3.28. The van der Waals surface area contributed by atoms with E-state index >= 15 is 0 Å². The van der Waals surface area contributed by atoms with Crippen molar-refractivity contribution in [2.24, 2.45) is 5.73 Å². The molecule has 5 heteroatoms. The Labute approximate surface area is 101 Å². The van der Waals surface area contributed by atoms with Crippen LogP contribution in [0.2, 0.25) is 0 Å². The number of nitrogens with zero attached hydrogens (tertiary/aromatic N) is 2. The number of nitrogens with two attached hydrogens (primary N) is 1. The molecule has 0 atom stereocenters. The number of pyridine rings is 1. The fraction of sp³-hybridized carbons (Fsp3) is 0.364. The first-order valence-electron chi connectivity index (χ1n) is 5.19. The van der Waals surface area contributed by atoms with E-state index in [0.29, 0.717) is 24.9 Å². The summed E-state index contributed by atoms with van der Waals surface area (Å²) in [7, 11) is 0. The van der Waals surface area contributed by atoms with Crippen LogP contribution in [0.5, 0.6) is 0 Å². The molecule has 2 aromatic rings. The maximum Gasteiger partial charge on any atom is 0.151 e. The smallest absolute Gasteiger partial charge is 0.151 e. The average molecular weight is 284 g/mol. The van der Waals surface area contributed by atoms with Crippen LogP contribution in [0.1, 0.15) is 24.1 Å². The summed E-state index contributed by atoms with van der Waals surface area (Å²) < 4.78 is 16.6. The van der Waals surface area contributed by atoms with E-state index in [2.05, 4.69) is 20.9 Å². The van der Waals surface area contributed by atoms with Gasteiger partial charge in [-0.25, -0.2) is 9.37 Å². The van der Waals surface area contributed by atoms with Gasteiger partial charge in [-0.1, -0.05) is 0 Å². The molecule has 0 amide bonds. The quantitative estimate of drug-likeness (QED) is 0.920. The van der Waals surface area contributed by atoms with Gasteiger partial charge in [0, 0.05) is 24.5 Å². The number of rotatable bonds is 2. The van der Waals surface area contributed by atoms with Gasteiger partial charge >= 0.3 is 0 Å². The van der Waals surface area contributed by atoms with E-state index in [9.17, 15) is 4.39 Å². The van der Waals surface area contributed by atoms with Gasteiger partial charge in [-0.2, -0.15) is 0 Å². The minimum Gasteiger partial charge on any atom is -0.325 e. The lowest BCUT2D eigenvalue weighted by Crippen LogP contribution is -2.00.